The third-order valence-electron chi connectivity index (χ3n) is 10.5. The molecule has 1 fully saturated rings. The summed E-state index contributed by atoms with van der Waals surface area (Å²) in [4.78, 5) is 2.67. The van der Waals surface area contributed by atoms with E-state index in [0.717, 1.165) is 49.1 Å². The van der Waals surface area contributed by atoms with Crippen molar-refractivity contribution < 1.29 is 0 Å². The van der Waals surface area contributed by atoms with Crippen LogP contribution in [-0.2, 0) is 25.7 Å². The van der Waals surface area contributed by atoms with Gasteiger partial charge in [-0.2, -0.15) is 10.5 Å². The van der Waals surface area contributed by atoms with Gasteiger partial charge in [0.25, 0.3) is 0 Å². The van der Waals surface area contributed by atoms with E-state index in [2.05, 4.69) is 106 Å². The van der Waals surface area contributed by atoms with Gasteiger partial charge in [0.2, 0.25) is 0 Å². The van der Waals surface area contributed by atoms with Crippen molar-refractivity contribution in [2.45, 2.75) is 126 Å². The molecular weight excluding hydrogens is 655 g/mol. The predicted octanol–water partition coefficient (Wildman–Crippen LogP) is 13.5. The molecule has 0 bridgehead atoms. The Kier molecular flexibility index (Phi) is 21.6. The number of aryl methyl sites for hydroxylation is 5. The Morgan fingerprint density at radius 1 is 0.852 bits per heavy atom. The second kappa shape index (κ2) is 25.6. The number of nitriles is 2. The lowest BCUT2D eigenvalue weighted by Crippen LogP contribution is -2.33. The first-order valence-electron chi connectivity index (χ1n) is 20.8. The molecule has 2 aliphatic rings. The smallest absolute Gasteiger partial charge is 0.0992 e. The van der Waals surface area contributed by atoms with Gasteiger partial charge in [-0.25, -0.2) is 0 Å². The van der Waals surface area contributed by atoms with Gasteiger partial charge in [0, 0.05) is 0 Å². The van der Waals surface area contributed by atoms with Crippen molar-refractivity contribution in [1.82, 2.24) is 4.90 Å². The molecule has 1 aliphatic heterocycles. The lowest BCUT2D eigenvalue weighted by Gasteiger charge is -2.30. The molecule has 1 heterocycles. The second-order valence-corrected chi connectivity index (χ2v) is 14.3. The van der Waals surface area contributed by atoms with Crippen LogP contribution in [0.25, 0.3) is 11.6 Å². The van der Waals surface area contributed by atoms with Crippen LogP contribution in [0.1, 0.15) is 142 Å². The van der Waals surface area contributed by atoms with Crippen molar-refractivity contribution in [1.29, 1.82) is 10.5 Å². The highest BCUT2D eigenvalue weighted by atomic mass is 15.1. The van der Waals surface area contributed by atoms with Crippen molar-refractivity contribution >= 4 is 11.6 Å². The molecule has 0 saturated carbocycles. The van der Waals surface area contributed by atoms with Crippen LogP contribution in [0.2, 0.25) is 0 Å². The van der Waals surface area contributed by atoms with Crippen LogP contribution < -0.4 is 0 Å². The Morgan fingerprint density at radius 3 is 2.17 bits per heavy atom. The zero-order valence-electron chi connectivity index (χ0n) is 35.2. The van der Waals surface area contributed by atoms with Crippen LogP contribution in [0, 0.1) is 42.4 Å². The molecule has 3 aromatic rings. The molecule has 3 heteroatoms. The Labute approximate surface area is 330 Å². The van der Waals surface area contributed by atoms with Gasteiger partial charge in [0.15, 0.2) is 0 Å². The average Bonchev–Trinajstić information content (AvgIpc) is 3.20. The standard InChI is InChI=1S/C26H37N.C21H20N2.2C2H6/c1-21-16-19-27(20-17-21)18-9-8-12-24-13-10-15-26(23(24)3)25-14-7-5-4-6-11-22(25)2;1-4-19-12-21(20(5-2)8-15(19)3)7-6-16-9-17(13-22)11-18(10-16)14-23;2*1-2/h5,7,10,13-15,21H,2,4,6,8-9,11-12,16-20H2,1,3H3;5,8-12H,2,4,6-7H2,1,3H3;2*1-2H3/b7-5-,25-14+;;;. The minimum absolute atomic E-state index is 0.543. The van der Waals surface area contributed by atoms with Gasteiger partial charge in [-0.05, 0) is 184 Å². The lowest BCUT2D eigenvalue weighted by molar-refractivity contribution is 0.189. The zero-order valence-corrected chi connectivity index (χ0v) is 35.2. The number of hydrogen-bond donors (Lipinski definition) is 0. The lowest BCUT2D eigenvalue weighted by atomic mass is 9.88. The van der Waals surface area contributed by atoms with Crippen molar-refractivity contribution in [2.24, 2.45) is 5.92 Å². The van der Waals surface area contributed by atoms with Crippen molar-refractivity contribution in [3.05, 3.63) is 141 Å². The SMILES string of the molecule is C=C1CCC/C=C\C=C/1c1cccc(CCCCN2CCC(C)CC2)c1C.C=Cc1cc(C)c(CC)cc1CCc1cc(C#N)cc(C#N)c1.CC.CC. The Hall–Kier alpha value is -4.44. The van der Waals surface area contributed by atoms with Crippen LogP contribution in [0.5, 0.6) is 0 Å². The van der Waals surface area contributed by atoms with E-state index in [-0.39, 0.29) is 0 Å². The quantitative estimate of drug-likeness (QED) is 0.185. The summed E-state index contributed by atoms with van der Waals surface area (Å²) in [6.45, 7) is 29.2. The number of unbranched alkanes of at least 4 members (excludes halogenated alkanes) is 1. The number of likely N-dealkylation sites (tertiary alicyclic amines) is 1. The van der Waals surface area contributed by atoms with E-state index in [4.69, 9.17) is 10.5 Å². The van der Waals surface area contributed by atoms with Crippen LogP contribution >= 0.6 is 0 Å². The molecule has 0 spiro atoms. The highest BCUT2D eigenvalue weighted by molar-refractivity contribution is 5.81. The first kappa shape index (κ1) is 45.7. The second-order valence-electron chi connectivity index (χ2n) is 14.3. The fourth-order valence-corrected chi connectivity index (χ4v) is 7.27. The highest BCUT2D eigenvalue weighted by Crippen LogP contribution is 2.31. The maximum atomic E-state index is 9.08. The predicted molar refractivity (Wildman–Crippen MR) is 236 cm³/mol. The molecule has 54 heavy (non-hydrogen) atoms. The van der Waals surface area contributed by atoms with Gasteiger partial charge in [-0.15, -0.1) is 0 Å². The number of rotatable bonds is 11. The largest absolute Gasteiger partial charge is 0.303 e. The van der Waals surface area contributed by atoms with Gasteiger partial charge in [-0.1, -0.05) is 109 Å². The molecule has 0 unspecified atom stereocenters. The third-order valence-corrected chi connectivity index (χ3v) is 10.5. The minimum atomic E-state index is 0.543. The van der Waals surface area contributed by atoms with Gasteiger partial charge < -0.3 is 4.90 Å². The molecule has 1 aliphatic carbocycles. The summed E-state index contributed by atoms with van der Waals surface area (Å²) >= 11 is 0. The van der Waals surface area contributed by atoms with E-state index in [0.29, 0.717) is 11.1 Å². The Balaban J connectivity index is 0.000000346. The van der Waals surface area contributed by atoms with E-state index >= 15 is 0 Å². The molecular formula is C51H69N3. The van der Waals surface area contributed by atoms with Gasteiger partial charge in [0.05, 0.1) is 23.3 Å². The number of benzene rings is 3. The Bertz CT molecular complexity index is 1730. The number of nitrogens with zero attached hydrogens (tertiary/aromatic N) is 3. The summed E-state index contributed by atoms with van der Waals surface area (Å²) in [6, 6.07) is 20.9. The number of allylic oxidation sites excluding steroid dienone is 5. The number of piperidine rings is 1. The summed E-state index contributed by atoms with van der Waals surface area (Å²) in [6.07, 6.45) is 21.4. The zero-order chi connectivity index (χ0) is 39.9. The molecule has 0 N–H and O–H groups in total. The van der Waals surface area contributed by atoms with Crippen LogP contribution in [0.4, 0.5) is 0 Å². The topological polar surface area (TPSA) is 50.8 Å². The van der Waals surface area contributed by atoms with E-state index in [1.165, 1.54) is 103 Å². The Morgan fingerprint density at radius 2 is 1.54 bits per heavy atom. The van der Waals surface area contributed by atoms with Gasteiger partial charge >= 0.3 is 0 Å². The summed E-state index contributed by atoms with van der Waals surface area (Å²) in [5.74, 6) is 0.929. The monoisotopic (exact) mass is 724 g/mol. The van der Waals surface area contributed by atoms with E-state index < -0.39 is 0 Å². The maximum Gasteiger partial charge on any atom is 0.0992 e. The fourth-order valence-electron chi connectivity index (χ4n) is 7.27. The molecule has 3 aromatic carbocycles. The summed E-state index contributed by atoms with van der Waals surface area (Å²) in [7, 11) is 0. The molecule has 1 saturated heterocycles. The van der Waals surface area contributed by atoms with Crippen LogP contribution in [0.3, 0.4) is 0 Å². The first-order chi connectivity index (χ1) is 26.3. The molecule has 0 amide bonds. The van der Waals surface area contributed by atoms with Gasteiger partial charge in [-0.3, -0.25) is 0 Å². The first-order valence-corrected chi connectivity index (χ1v) is 20.8. The third kappa shape index (κ3) is 14.4. The van der Waals surface area contributed by atoms with Crippen molar-refractivity contribution in [3.63, 3.8) is 0 Å². The van der Waals surface area contributed by atoms with E-state index in [1.54, 1.807) is 6.07 Å². The van der Waals surface area contributed by atoms with Gasteiger partial charge in [0.1, 0.15) is 0 Å². The minimum Gasteiger partial charge on any atom is -0.303 e. The van der Waals surface area contributed by atoms with Crippen molar-refractivity contribution in [2.75, 3.05) is 19.6 Å². The fraction of sp³-hybridized carbons (Fsp3) is 0.451. The van der Waals surface area contributed by atoms with E-state index in [9.17, 15) is 0 Å². The normalized spacial score (nSPS) is 15.8. The molecule has 5 rings (SSSR count). The number of hydrogen-bond acceptors (Lipinski definition) is 3. The highest BCUT2D eigenvalue weighted by Gasteiger charge is 2.16. The summed E-state index contributed by atoms with van der Waals surface area (Å²) < 4.78 is 0. The molecule has 0 aromatic heterocycles. The molecule has 288 valence electrons. The maximum absolute atomic E-state index is 9.08. The van der Waals surface area contributed by atoms with Crippen LogP contribution in [-0.4, -0.2) is 24.5 Å². The molecule has 3 nitrogen and oxygen atoms in total. The van der Waals surface area contributed by atoms with Crippen LogP contribution in [0.15, 0.2) is 85.5 Å². The molecule has 0 radical (unpaired) electrons. The summed E-state index contributed by atoms with van der Waals surface area (Å²) in [5.41, 5.74) is 14.2. The summed E-state index contributed by atoms with van der Waals surface area (Å²) in [5, 5.41) is 18.2. The van der Waals surface area contributed by atoms with Crippen molar-refractivity contribution in [3.8, 4) is 12.1 Å². The average molecular weight is 724 g/mol. The van der Waals surface area contributed by atoms with E-state index in [1.807, 2.05) is 45.9 Å². The molecule has 0 atom stereocenters.